The van der Waals surface area contributed by atoms with Crippen LogP contribution >= 0.6 is 11.6 Å². The first kappa shape index (κ1) is 20.7. The van der Waals surface area contributed by atoms with E-state index in [1.54, 1.807) is 60.7 Å². The van der Waals surface area contributed by atoms with Crippen molar-refractivity contribution >= 4 is 38.4 Å². The number of carbonyl (C=O) groups excluding carboxylic acids is 1. The van der Waals surface area contributed by atoms with Gasteiger partial charge in [-0.25, -0.2) is 13.2 Å². The van der Waals surface area contributed by atoms with E-state index in [0.717, 1.165) is 11.1 Å². The van der Waals surface area contributed by atoms with Crippen molar-refractivity contribution < 1.29 is 17.9 Å². The Morgan fingerprint density at radius 1 is 1.00 bits per heavy atom. The van der Waals surface area contributed by atoms with Crippen LogP contribution in [0.25, 0.3) is 11.1 Å². The van der Waals surface area contributed by atoms with Gasteiger partial charge in [0.2, 0.25) is 10.0 Å². The van der Waals surface area contributed by atoms with Gasteiger partial charge in [0.15, 0.2) is 0 Å². The summed E-state index contributed by atoms with van der Waals surface area (Å²) in [4.78, 5) is 10.8. The summed E-state index contributed by atoms with van der Waals surface area (Å²) >= 11 is 5.20. The predicted molar refractivity (Wildman–Crippen MR) is 116 cm³/mol. The highest BCUT2D eigenvalue weighted by Gasteiger charge is 2.19. The fourth-order valence-corrected chi connectivity index (χ4v) is 4.13. The minimum Gasteiger partial charge on any atom is -0.415 e. The van der Waals surface area contributed by atoms with Gasteiger partial charge in [-0.15, -0.1) is 0 Å². The molecule has 29 heavy (non-hydrogen) atoms. The molecule has 0 atom stereocenters. The molecule has 2 N–H and O–H groups in total. The molecule has 6 nitrogen and oxygen atoms in total. The van der Waals surface area contributed by atoms with Crippen LogP contribution in [-0.4, -0.2) is 20.9 Å². The fraction of sp³-hybridized carbons (Fsp3) is 0.0952. The van der Waals surface area contributed by atoms with Crippen molar-refractivity contribution in [1.82, 2.24) is 0 Å². The topological polar surface area (TPSA) is 89.7 Å². The first-order valence-electron chi connectivity index (χ1n) is 8.63. The summed E-state index contributed by atoms with van der Waals surface area (Å²) < 4.78 is 31.7. The Balaban J connectivity index is 1.80. The van der Waals surface area contributed by atoms with Crippen LogP contribution < -0.4 is 14.8 Å². The number of hydrogen-bond acceptors (Lipinski definition) is 5. The highest BCUT2D eigenvalue weighted by molar-refractivity contribution is 7.92. The van der Waals surface area contributed by atoms with Crippen molar-refractivity contribution in [3.05, 3.63) is 78.4 Å². The Morgan fingerprint density at radius 3 is 2.28 bits per heavy atom. The van der Waals surface area contributed by atoms with E-state index < -0.39 is 15.5 Å². The molecule has 0 aliphatic carbocycles. The van der Waals surface area contributed by atoms with Crippen molar-refractivity contribution in [2.24, 2.45) is 0 Å². The minimum absolute atomic E-state index is 0.149. The van der Waals surface area contributed by atoms with E-state index in [9.17, 15) is 13.2 Å². The molecule has 0 aliphatic heterocycles. The molecule has 0 amide bonds. The fourth-order valence-electron chi connectivity index (χ4n) is 2.80. The number of nitrogen functional groups attached to an aromatic ring is 1. The Labute approximate surface area is 174 Å². The van der Waals surface area contributed by atoms with Crippen molar-refractivity contribution in [2.75, 3.05) is 17.1 Å². The summed E-state index contributed by atoms with van der Waals surface area (Å²) in [5, 5.41) is 0. The summed E-state index contributed by atoms with van der Waals surface area (Å²) in [6.45, 7) is 0. The lowest BCUT2D eigenvalue weighted by atomic mass is 10.0. The van der Waals surface area contributed by atoms with E-state index in [4.69, 9.17) is 22.1 Å². The minimum atomic E-state index is -3.58. The number of rotatable bonds is 6. The third-order valence-corrected chi connectivity index (χ3v) is 6.16. The molecule has 0 spiro atoms. The van der Waals surface area contributed by atoms with Gasteiger partial charge in [0, 0.05) is 24.3 Å². The second-order valence-electron chi connectivity index (χ2n) is 6.38. The molecule has 3 rings (SSSR count). The van der Waals surface area contributed by atoms with Crippen LogP contribution in [0.5, 0.6) is 5.75 Å². The molecule has 3 aromatic rings. The summed E-state index contributed by atoms with van der Waals surface area (Å²) in [6.07, 6.45) is 0. The molecule has 0 heterocycles. The summed E-state index contributed by atoms with van der Waals surface area (Å²) in [5.74, 6) is 0.182. The number of carbonyl (C=O) groups is 1. The van der Waals surface area contributed by atoms with Gasteiger partial charge in [-0.05, 0) is 53.1 Å². The van der Waals surface area contributed by atoms with Gasteiger partial charge in [-0.1, -0.05) is 36.4 Å². The number of nitrogens with two attached hydrogens (primary N) is 1. The van der Waals surface area contributed by atoms with E-state index in [0.29, 0.717) is 22.7 Å². The van der Waals surface area contributed by atoms with E-state index in [-0.39, 0.29) is 5.75 Å². The quantitative estimate of drug-likeness (QED) is 0.454. The molecule has 0 saturated carbocycles. The van der Waals surface area contributed by atoms with E-state index in [1.807, 2.05) is 12.1 Å². The molecule has 150 valence electrons. The van der Waals surface area contributed by atoms with Gasteiger partial charge in [0.1, 0.15) is 5.75 Å². The van der Waals surface area contributed by atoms with E-state index in [2.05, 4.69) is 0 Å². The molecule has 3 aromatic carbocycles. The zero-order valence-corrected chi connectivity index (χ0v) is 17.2. The normalized spacial score (nSPS) is 11.1. The lowest BCUT2D eigenvalue weighted by Gasteiger charge is -2.20. The number of anilines is 2. The maximum Gasteiger partial charge on any atom is 0.409 e. The van der Waals surface area contributed by atoms with Gasteiger partial charge in [0.25, 0.3) is 0 Å². The van der Waals surface area contributed by atoms with Gasteiger partial charge >= 0.3 is 5.43 Å². The number of nitrogens with zero attached hydrogens (tertiary/aromatic N) is 1. The Morgan fingerprint density at radius 2 is 1.66 bits per heavy atom. The zero-order valence-electron chi connectivity index (χ0n) is 15.6. The number of ether oxygens (including phenoxy) is 1. The Kier molecular flexibility index (Phi) is 6.10. The standard InChI is InChI=1S/C21H19ClN2O4S/c1-24(19-9-7-18(23)8-10-19)29(26,27)14-15-3-2-4-17(13-15)16-5-11-20(12-6-16)28-21(22)25/h2-13H,14,23H2,1H3. The van der Waals surface area contributed by atoms with Crippen molar-refractivity contribution in [3.8, 4) is 16.9 Å². The number of halogens is 1. The molecule has 0 radical (unpaired) electrons. The highest BCUT2D eigenvalue weighted by atomic mass is 35.5. The van der Waals surface area contributed by atoms with Crippen LogP contribution in [-0.2, 0) is 15.8 Å². The molecule has 0 unspecified atom stereocenters. The lowest BCUT2D eigenvalue weighted by molar-refractivity contribution is 0.225. The van der Waals surface area contributed by atoms with Gasteiger partial charge in [0.05, 0.1) is 11.4 Å². The lowest BCUT2D eigenvalue weighted by Crippen LogP contribution is -2.27. The second kappa shape index (κ2) is 8.55. The predicted octanol–water partition coefficient (Wildman–Crippen LogP) is 4.64. The van der Waals surface area contributed by atoms with Crippen LogP contribution in [0.1, 0.15) is 5.56 Å². The third-order valence-electron chi connectivity index (χ3n) is 4.34. The van der Waals surface area contributed by atoms with E-state index >= 15 is 0 Å². The second-order valence-corrected chi connectivity index (χ2v) is 8.69. The van der Waals surface area contributed by atoms with Crippen molar-refractivity contribution in [1.29, 1.82) is 0 Å². The first-order valence-corrected chi connectivity index (χ1v) is 10.6. The average Bonchev–Trinajstić information content (AvgIpc) is 2.68. The monoisotopic (exact) mass is 430 g/mol. The maximum atomic E-state index is 12.8. The van der Waals surface area contributed by atoms with E-state index in [1.165, 1.54) is 11.4 Å². The maximum absolute atomic E-state index is 12.8. The zero-order chi connectivity index (χ0) is 21.0. The van der Waals surface area contributed by atoms with Gasteiger partial charge in [-0.3, -0.25) is 4.31 Å². The Hall–Kier alpha value is -3.03. The summed E-state index contributed by atoms with van der Waals surface area (Å²) in [7, 11) is -2.06. The summed E-state index contributed by atoms with van der Waals surface area (Å²) in [5.41, 5.74) is 8.22. The van der Waals surface area contributed by atoms with Crippen LogP contribution in [0.15, 0.2) is 72.8 Å². The molecule has 0 aromatic heterocycles. The molecule has 0 aliphatic rings. The highest BCUT2D eigenvalue weighted by Crippen LogP contribution is 2.26. The molecule has 0 bridgehead atoms. The van der Waals surface area contributed by atoms with Crippen LogP contribution in [0.4, 0.5) is 16.2 Å². The SMILES string of the molecule is CN(c1ccc(N)cc1)S(=O)(=O)Cc1cccc(-c2ccc(OC(=O)Cl)cc2)c1. The molecular formula is C21H19ClN2O4S. The van der Waals surface area contributed by atoms with Crippen LogP contribution in [0, 0.1) is 0 Å². The molecule has 8 heteroatoms. The smallest absolute Gasteiger partial charge is 0.409 e. The average molecular weight is 431 g/mol. The molecule has 0 fully saturated rings. The Bertz CT molecular complexity index is 1110. The largest absolute Gasteiger partial charge is 0.415 e. The van der Waals surface area contributed by atoms with Crippen LogP contribution in [0.3, 0.4) is 0 Å². The summed E-state index contributed by atoms with van der Waals surface area (Å²) in [6, 6.07) is 20.7. The van der Waals surface area contributed by atoms with Gasteiger partial charge in [-0.2, -0.15) is 0 Å². The van der Waals surface area contributed by atoms with Gasteiger partial charge < -0.3 is 10.5 Å². The van der Waals surface area contributed by atoms with Crippen LogP contribution in [0.2, 0.25) is 0 Å². The number of benzene rings is 3. The van der Waals surface area contributed by atoms with Crippen molar-refractivity contribution in [2.45, 2.75) is 5.75 Å². The molecular weight excluding hydrogens is 412 g/mol. The van der Waals surface area contributed by atoms with Crippen molar-refractivity contribution in [3.63, 3.8) is 0 Å². The molecule has 0 saturated heterocycles. The number of hydrogen-bond donors (Lipinski definition) is 1. The third kappa shape index (κ3) is 5.28. The number of sulfonamides is 1. The first-order chi connectivity index (χ1) is 13.7.